The molecule has 0 aliphatic rings. The molecule has 5 heteroatoms. The molecule has 1 unspecified atom stereocenters. The average molecular weight is 214 g/mol. The lowest BCUT2D eigenvalue weighted by atomic mass is 10.1. The SMILES string of the molecule is CCC(O)CCCCOCC(F)(F)F. The third-order valence-corrected chi connectivity index (χ3v) is 1.81. The van der Waals surface area contributed by atoms with Crippen LogP contribution in [0, 0.1) is 0 Å². The van der Waals surface area contributed by atoms with Gasteiger partial charge in [0.15, 0.2) is 0 Å². The fraction of sp³-hybridized carbons (Fsp3) is 1.00. The third kappa shape index (κ3) is 9.80. The van der Waals surface area contributed by atoms with Gasteiger partial charge in [-0.2, -0.15) is 13.2 Å². The number of hydrogen-bond donors (Lipinski definition) is 1. The Morgan fingerprint density at radius 2 is 1.93 bits per heavy atom. The van der Waals surface area contributed by atoms with Crippen LogP contribution in [0.2, 0.25) is 0 Å². The Labute approximate surface area is 82.1 Å². The highest BCUT2D eigenvalue weighted by molar-refractivity contribution is 4.52. The first-order chi connectivity index (χ1) is 6.45. The van der Waals surface area contributed by atoms with E-state index in [0.717, 1.165) is 0 Å². The van der Waals surface area contributed by atoms with E-state index in [2.05, 4.69) is 4.74 Å². The van der Waals surface area contributed by atoms with Crippen LogP contribution >= 0.6 is 0 Å². The molecule has 0 fully saturated rings. The first-order valence-electron chi connectivity index (χ1n) is 4.78. The van der Waals surface area contributed by atoms with Gasteiger partial charge in [-0.3, -0.25) is 0 Å². The minimum Gasteiger partial charge on any atom is -0.393 e. The van der Waals surface area contributed by atoms with Crippen molar-refractivity contribution in [1.29, 1.82) is 0 Å². The van der Waals surface area contributed by atoms with Gasteiger partial charge in [0.1, 0.15) is 6.61 Å². The molecule has 1 atom stereocenters. The summed E-state index contributed by atoms with van der Waals surface area (Å²) in [7, 11) is 0. The largest absolute Gasteiger partial charge is 0.411 e. The topological polar surface area (TPSA) is 29.5 Å². The Kier molecular flexibility index (Phi) is 6.92. The zero-order chi connectivity index (χ0) is 11.0. The van der Waals surface area contributed by atoms with Gasteiger partial charge in [0.25, 0.3) is 0 Å². The summed E-state index contributed by atoms with van der Waals surface area (Å²) in [5.74, 6) is 0. The van der Waals surface area contributed by atoms with E-state index in [0.29, 0.717) is 25.7 Å². The maximum atomic E-state index is 11.6. The molecule has 86 valence electrons. The molecule has 0 heterocycles. The van der Waals surface area contributed by atoms with Crippen LogP contribution < -0.4 is 0 Å². The predicted molar refractivity (Wildman–Crippen MR) is 47.0 cm³/mol. The van der Waals surface area contributed by atoms with Crippen molar-refractivity contribution in [2.75, 3.05) is 13.2 Å². The summed E-state index contributed by atoms with van der Waals surface area (Å²) in [5, 5.41) is 9.12. The Bertz CT molecular complexity index is 137. The molecule has 0 saturated heterocycles. The van der Waals surface area contributed by atoms with Crippen LogP contribution in [0.3, 0.4) is 0 Å². The number of aliphatic hydroxyl groups excluding tert-OH is 1. The highest BCUT2D eigenvalue weighted by Gasteiger charge is 2.27. The van der Waals surface area contributed by atoms with E-state index in [1.54, 1.807) is 0 Å². The second kappa shape index (κ2) is 7.06. The van der Waals surface area contributed by atoms with Crippen LogP contribution in [0.15, 0.2) is 0 Å². The van der Waals surface area contributed by atoms with Crippen molar-refractivity contribution in [3.05, 3.63) is 0 Å². The molecular weight excluding hydrogens is 197 g/mol. The molecule has 0 aromatic heterocycles. The van der Waals surface area contributed by atoms with Crippen molar-refractivity contribution in [2.24, 2.45) is 0 Å². The molecule has 2 nitrogen and oxygen atoms in total. The molecule has 0 aromatic carbocycles. The number of alkyl halides is 3. The quantitative estimate of drug-likeness (QED) is 0.660. The smallest absolute Gasteiger partial charge is 0.393 e. The zero-order valence-corrected chi connectivity index (χ0v) is 8.31. The monoisotopic (exact) mass is 214 g/mol. The van der Waals surface area contributed by atoms with E-state index in [1.165, 1.54) is 0 Å². The molecule has 0 saturated carbocycles. The molecule has 0 bridgehead atoms. The third-order valence-electron chi connectivity index (χ3n) is 1.81. The molecule has 0 aliphatic carbocycles. The minimum absolute atomic E-state index is 0.107. The van der Waals surface area contributed by atoms with Crippen molar-refractivity contribution >= 4 is 0 Å². The van der Waals surface area contributed by atoms with Gasteiger partial charge in [-0.15, -0.1) is 0 Å². The van der Waals surface area contributed by atoms with Crippen LogP contribution in [0.1, 0.15) is 32.6 Å². The fourth-order valence-electron chi connectivity index (χ4n) is 0.976. The number of halogens is 3. The lowest BCUT2D eigenvalue weighted by Crippen LogP contribution is -2.17. The van der Waals surface area contributed by atoms with Crippen molar-refractivity contribution < 1.29 is 23.0 Å². The van der Waals surface area contributed by atoms with Crippen molar-refractivity contribution in [3.63, 3.8) is 0 Å². The number of hydrogen-bond acceptors (Lipinski definition) is 2. The Hall–Kier alpha value is -0.290. The van der Waals surface area contributed by atoms with Gasteiger partial charge >= 0.3 is 6.18 Å². The second-order valence-corrected chi connectivity index (χ2v) is 3.23. The van der Waals surface area contributed by atoms with E-state index in [9.17, 15) is 13.2 Å². The first-order valence-corrected chi connectivity index (χ1v) is 4.78. The lowest BCUT2D eigenvalue weighted by molar-refractivity contribution is -0.174. The van der Waals surface area contributed by atoms with Gasteiger partial charge in [0.2, 0.25) is 0 Å². The van der Waals surface area contributed by atoms with Gasteiger partial charge in [-0.1, -0.05) is 6.92 Å². The summed E-state index contributed by atoms with van der Waals surface area (Å²) in [5.41, 5.74) is 0. The van der Waals surface area contributed by atoms with Crippen molar-refractivity contribution in [2.45, 2.75) is 44.9 Å². The van der Waals surface area contributed by atoms with E-state index in [1.807, 2.05) is 6.92 Å². The summed E-state index contributed by atoms with van der Waals surface area (Å²) in [6.07, 6.45) is -1.99. The van der Waals surface area contributed by atoms with E-state index in [-0.39, 0.29) is 12.7 Å². The van der Waals surface area contributed by atoms with Crippen LogP contribution in [-0.2, 0) is 4.74 Å². The van der Waals surface area contributed by atoms with E-state index < -0.39 is 12.8 Å². The molecule has 0 amide bonds. The predicted octanol–water partition coefficient (Wildman–Crippen LogP) is 2.51. The maximum absolute atomic E-state index is 11.6. The first kappa shape index (κ1) is 13.7. The summed E-state index contributed by atoms with van der Waals surface area (Å²) < 4.78 is 39.2. The van der Waals surface area contributed by atoms with Crippen LogP contribution in [-0.4, -0.2) is 30.6 Å². The molecule has 14 heavy (non-hydrogen) atoms. The standard InChI is InChI=1S/C9H17F3O2/c1-2-8(13)5-3-4-6-14-7-9(10,11)12/h8,13H,2-7H2,1H3. The Morgan fingerprint density at radius 3 is 2.43 bits per heavy atom. The van der Waals surface area contributed by atoms with Crippen molar-refractivity contribution in [3.8, 4) is 0 Å². The maximum Gasteiger partial charge on any atom is 0.411 e. The molecule has 0 radical (unpaired) electrons. The van der Waals surface area contributed by atoms with Gasteiger partial charge in [-0.25, -0.2) is 0 Å². The van der Waals surface area contributed by atoms with Gasteiger partial charge in [0, 0.05) is 6.61 Å². The van der Waals surface area contributed by atoms with E-state index >= 15 is 0 Å². The summed E-state index contributed by atoms with van der Waals surface area (Å²) in [6.45, 7) is 0.796. The highest BCUT2D eigenvalue weighted by atomic mass is 19.4. The van der Waals surface area contributed by atoms with Gasteiger partial charge in [0.05, 0.1) is 6.10 Å². The van der Waals surface area contributed by atoms with Crippen LogP contribution in [0.25, 0.3) is 0 Å². The van der Waals surface area contributed by atoms with Crippen LogP contribution in [0.4, 0.5) is 13.2 Å². The number of ether oxygens (including phenoxy) is 1. The molecule has 0 spiro atoms. The van der Waals surface area contributed by atoms with Crippen LogP contribution in [0.5, 0.6) is 0 Å². The summed E-state index contributed by atoms with van der Waals surface area (Å²) in [4.78, 5) is 0. The lowest BCUT2D eigenvalue weighted by Gasteiger charge is -2.08. The van der Waals surface area contributed by atoms with Gasteiger partial charge < -0.3 is 9.84 Å². The molecular formula is C9H17F3O2. The number of aliphatic hydroxyl groups is 1. The Morgan fingerprint density at radius 1 is 1.29 bits per heavy atom. The molecule has 0 rings (SSSR count). The van der Waals surface area contributed by atoms with Gasteiger partial charge in [-0.05, 0) is 25.7 Å². The Balaban J connectivity index is 3.14. The summed E-state index contributed by atoms with van der Waals surface area (Å²) in [6, 6.07) is 0. The number of unbranched alkanes of at least 4 members (excludes halogenated alkanes) is 1. The highest BCUT2D eigenvalue weighted by Crippen LogP contribution is 2.14. The number of rotatable bonds is 7. The fourth-order valence-corrected chi connectivity index (χ4v) is 0.976. The zero-order valence-electron chi connectivity index (χ0n) is 8.31. The second-order valence-electron chi connectivity index (χ2n) is 3.23. The van der Waals surface area contributed by atoms with E-state index in [4.69, 9.17) is 5.11 Å². The minimum atomic E-state index is -4.23. The normalized spacial score (nSPS) is 14.4. The van der Waals surface area contributed by atoms with Crippen molar-refractivity contribution in [1.82, 2.24) is 0 Å². The molecule has 0 aromatic rings. The molecule has 1 N–H and O–H groups in total. The summed E-state index contributed by atoms with van der Waals surface area (Å²) >= 11 is 0. The average Bonchev–Trinajstić information content (AvgIpc) is 2.08. The molecule has 0 aliphatic heterocycles.